The molecule has 0 saturated heterocycles. The summed E-state index contributed by atoms with van der Waals surface area (Å²) in [4.78, 5) is 6.99. The van der Waals surface area contributed by atoms with Crippen molar-refractivity contribution in [2.45, 2.75) is 18.9 Å². The Labute approximate surface area is 146 Å². The maximum absolute atomic E-state index is 4.54. The molecular weight excluding hydrogens is 308 g/mol. The third-order valence-electron chi connectivity index (χ3n) is 5.04. The van der Waals surface area contributed by atoms with Crippen LogP contribution in [0.4, 0.5) is 11.4 Å². The minimum Gasteiger partial charge on any atom is -0.333 e. The van der Waals surface area contributed by atoms with Gasteiger partial charge >= 0.3 is 0 Å². The highest BCUT2D eigenvalue weighted by Gasteiger charge is 2.30. The molecule has 4 nitrogen and oxygen atoms in total. The van der Waals surface area contributed by atoms with E-state index in [9.17, 15) is 0 Å². The molecular formula is C21H18N4. The number of aryl methyl sites for hydroxylation is 1. The Bertz CT molecular complexity index is 1020. The molecule has 5 rings (SSSR count). The fourth-order valence-corrected chi connectivity index (χ4v) is 3.90. The molecule has 2 aromatic heterocycles. The van der Waals surface area contributed by atoms with Crippen molar-refractivity contribution in [2.75, 3.05) is 4.90 Å². The first kappa shape index (κ1) is 14.2. The number of para-hydroxylation sites is 1. The Balaban J connectivity index is 1.77. The fraction of sp³-hybridized carbons (Fsp3) is 0.143. The number of aromatic amines is 1. The van der Waals surface area contributed by atoms with E-state index in [1.165, 1.54) is 27.9 Å². The van der Waals surface area contributed by atoms with E-state index in [1.807, 2.05) is 24.7 Å². The van der Waals surface area contributed by atoms with Gasteiger partial charge in [0.05, 0.1) is 23.4 Å². The van der Waals surface area contributed by atoms with E-state index in [-0.39, 0.29) is 6.04 Å². The van der Waals surface area contributed by atoms with Gasteiger partial charge in [0.2, 0.25) is 0 Å². The second-order valence-electron chi connectivity index (χ2n) is 6.43. The third-order valence-corrected chi connectivity index (χ3v) is 5.04. The van der Waals surface area contributed by atoms with E-state index < -0.39 is 0 Å². The maximum atomic E-state index is 4.54. The zero-order chi connectivity index (χ0) is 16.6. The van der Waals surface area contributed by atoms with Crippen LogP contribution in [0.15, 0.2) is 73.2 Å². The second kappa shape index (κ2) is 5.74. The average Bonchev–Trinajstić information content (AvgIpc) is 3.21. The number of H-pyrrole nitrogens is 1. The Kier molecular flexibility index (Phi) is 3.27. The molecule has 1 unspecified atom stereocenters. The van der Waals surface area contributed by atoms with Crippen molar-refractivity contribution >= 4 is 22.3 Å². The highest BCUT2D eigenvalue weighted by Crippen LogP contribution is 2.45. The van der Waals surface area contributed by atoms with E-state index in [2.05, 4.69) is 68.6 Å². The van der Waals surface area contributed by atoms with E-state index >= 15 is 0 Å². The van der Waals surface area contributed by atoms with Crippen LogP contribution in [0.2, 0.25) is 0 Å². The number of fused-ring (bicyclic) bond motifs is 2. The first-order chi connectivity index (χ1) is 12.4. The Morgan fingerprint density at radius 2 is 1.88 bits per heavy atom. The number of benzene rings is 2. The van der Waals surface area contributed by atoms with Crippen LogP contribution in [0.5, 0.6) is 0 Å². The van der Waals surface area contributed by atoms with Crippen molar-refractivity contribution in [3.05, 3.63) is 84.3 Å². The lowest BCUT2D eigenvalue weighted by Gasteiger charge is -2.39. The minimum absolute atomic E-state index is 0.263. The molecule has 4 aromatic rings. The predicted octanol–water partition coefficient (Wildman–Crippen LogP) is 4.78. The molecule has 25 heavy (non-hydrogen) atoms. The lowest BCUT2D eigenvalue weighted by Crippen LogP contribution is -2.29. The molecule has 1 N–H and O–H groups in total. The van der Waals surface area contributed by atoms with Crippen LogP contribution < -0.4 is 4.90 Å². The lowest BCUT2D eigenvalue weighted by molar-refractivity contribution is 0.605. The number of aromatic nitrogens is 3. The fourth-order valence-electron chi connectivity index (χ4n) is 3.90. The SMILES string of the molecule is c1ccc2c(c1)CCC(c1cn[nH]c1)N2c1cccc2ncccc12. The molecule has 0 radical (unpaired) electrons. The van der Waals surface area contributed by atoms with Gasteiger partial charge in [0.15, 0.2) is 0 Å². The van der Waals surface area contributed by atoms with Crippen molar-refractivity contribution in [3.8, 4) is 0 Å². The summed E-state index contributed by atoms with van der Waals surface area (Å²) in [5.41, 5.74) is 6.10. The average molecular weight is 326 g/mol. The summed E-state index contributed by atoms with van der Waals surface area (Å²) >= 11 is 0. The van der Waals surface area contributed by atoms with Gasteiger partial charge in [-0.05, 0) is 48.7 Å². The number of anilines is 2. The van der Waals surface area contributed by atoms with Gasteiger partial charge in [-0.1, -0.05) is 24.3 Å². The van der Waals surface area contributed by atoms with Crippen molar-refractivity contribution < 1.29 is 0 Å². The summed E-state index contributed by atoms with van der Waals surface area (Å²) in [6, 6.07) is 19.5. The number of rotatable bonds is 2. The largest absolute Gasteiger partial charge is 0.333 e. The van der Waals surface area contributed by atoms with Gasteiger partial charge in [-0.25, -0.2) is 0 Å². The van der Waals surface area contributed by atoms with E-state index in [0.29, 0.717) is 0 Å². The molecule has 4 heteroatoms. The second-order valence-corrected chi connectivity index (χ2v) is 6.43. The lowest BCUT2D eigenvalue weighted by atomic mass is 9.91. The summed E-state index contributed by atoms with van der Waals surface area (Å²) in [7, 11) is 0. The maximum Gasteiger partial charge on any atom is 0.0722 e. The van der Waals surface area contributed by atoms with Crippen LogP contribution in [0, 0.1) is 0 Å². The minimum atomic E-state index is 0.263. The van der Waals surface area contributed by atoms with Gasteiger partial charge in [0.25, 0.3) is 0 Å². The molecule has 1 aliphatic rings. The smallest absolute Gasteiger partial charge is 0.0722 e. The van der Waals surface area contributed by atoms with E-state index in [4.69, 9.17) is 0 Å². The zero-order valence-corrected chi connectivity index (χ0v) is 13.8. The summed E-state index contributed by atoms with van der Waals surface area (Å²) in [6.07, 6.45) is 7.94. The summed E-state index contributed by atoms with van der Waals surface area (Å²) < 4.78 is 0. The van der Waals surface area contributed by atoms with Crippen LogP contribution in [0.3, 0.4) is 0 Å². The Morgan fingerprint density at radius 3 is 2.80 bits per heavy atom. The van der Waals surface area contributed by atoms with Crippen molar-refractivity contribution in [1.29, 1.82) is 0 Å². The Hall–Kier alpha value is -3.14. The number of hydrogen-bond donors (Lipinski definition) is 1. The normalized spacial score (nSPS) is 16.8. The number of pyridine rings is 1. The molecule has 0 fully saturated rings. The van der Waals surface area contributed by atoms with Gasteiger partial charge in [-0.3, -0.25) is 10.1 Å². The molecule has 2 aromatic carbocycles. The third kappa shape index (κ3) is 2.30. The molecule has 0 spiro atoms. The molecule has 3 heterocycles. The molecule has 0 saturated carbocycles. The summed E-state index contributed by atoms with van der Waals surface area (Å²) in [5.74, 6) is 0. The van der Waals surface area contributed by atoms with Crippen LogP contribution in [-0.4, -0.2) is 15.2 Å². The van der Waals surface area contributed by atoms with Crippen LogP contribution in [0.1, 0.15) is 23.6 Å². The first-order valence-corrected chi connectivity index (χ1v) is 8.61. The predicted molar refractivity (Wildman–Crippen MR) is 100.0 cm³/mol. The van der Waals surface area contributed by atoms with Gasteiger partial charge < -0.3 is 4.90 Å². The number of nitrogens with zero attached hydrogens (tertiary/aromatic N) is 3. The van der Waals surface area contributed by atoms with Crippen LogP contribution in [0.25, 0.3) is 10.9 Å². The topological polar surface area (TPSA) is 44.8 Å². The summed E-state index contributed by atoms with van der Waals surface area (Å²) in [5, 5.41) is 8.33. The standard InChI is InChI=1S/C21H18N4/c1-2-8-19-15(5-1)10-11-20(16-13-23-24-14-16)25(19)21-9-3-7-18-17(21)6-4-12-22-18/h1-9,12-14,20H,10-11H2,(H,23,24). The highest BCUT2D eigenvalue weighted by atomic mass is 15.2. The van der Waals surface area contributed by atoms with E-state index in [1.54, 1.807) is 0 Å². The molecule has 0 bridgehead atoms. The monoisotopic (exact) mass is 326 g/mol. The first-order valence-electron chi connectivity index (χ1n) is 8.61. The summed E-state index contributed by atoms with van der Waals surface area (Å²) in [6.45, 7) is 0. The molecule has 0 aliphatic carbocycles. The van der Waals surface area contributed by atoms with E-state index in [0.717, 1.165) is 18.4 Å². The molecule has 0 amide bonds. The number of nitrogens with one attached hydrogen (secondary N) is 1. The molecule has 1 aliphatic heterocycles. The zero-order valence-electron chi connectivity index (χ0n) is 13.8. The highest BCUT2D eigenvalue weighted by molar-refractivity contribution is 5.94. The molecule has 1 atom stereocenters. The van der Waals surface area contributed by atoms with Gasteiger partial charge in [0.1, 0.15) is 0 Å². The quantitative estimate of drug-likeness (QED) is 0.576. The Morgan fingerprint density at radius 1 is 0.960 bits per heavy atom. The van der Waals surface area contributed by atoms with Crippen molar-refractivity contribution in [3.63, 3.8) is 0 Å². The van der Waals surface area contributed by atoms with Crippen LogP contribution >= 0.6 is 0 Å². The number of hydrogen-bond acceptors (Lipinski definition) is 3. The van der Waals surface area contributed by atoms with Gasteiger partial charge in [0, 0.05) is 29.0 Å². The molecule has 122 valence electrons. The van der Waals surface area contributed by atoms with Crippen molar-refractivity contribution in [1.82, 2.24) is 15.2 Å². The van der Waals surface area contributed by atoms with Crippen LogP contribution in [-0.2, 0) is 6.42 Å². The van der Waals surface area contributed by atoms with Crippen molar-refractivity contribution in [2.24, 2.45) is 0 Å². The van der Waals surface area contributed by atoms with Gasteiger partial charge in [-0.15, -0.1) is 0 Å². The van der Waals surface area contributed by atoms with Gasteiger partial charge in [-0.2, -0.15) is 5.10 Å².